The van der Waals surface area contributed by atoms with Crippen molar-refractivity contribution in [2.24, 2.45) is 0 Å². The summed E-state index contributed by atoms with van der Waals surface area (Å²) in [5.41, 5.74) is 2.11. The molecule has 0 heterocycles. The van der Waals surface area contributed by atoms with Gasteiger partial charge in [0.1, 0.15) is 29.2 Å². The van der Waals surface area contributed by atoms with Gasteiger partial charge in [0, 0.05) is 17.6 Å². The Labute approximate surface area is 260 Å². The molecule has 3 aromatic carbocycles. The highest BCUT2D eigenvalue weighted by Crippen LogP contribution is 2.33. The highest BCUT2D eigenvalue weighted by Gasteiger charge is 2.42. The number of rotatable bonds is 9. The quantitative estimate of drug-likeness (QED) is 0.258. The van der Waals surface area contributed by atoms with Crippen molar-refractivity contribution in [3.63, 3.8) is 0 Å². The van der Waals surface area contributed by atoms with Crippen molar-refractivity contribution < 1.29 is 29.0 Å². The van der Waals surface area contributed by atoms with E-state index in [-0.39, 0.29) is 12.2 Å². The molecule has 3 rings (SSSR count). The fourth-order valence-electron chi connectivity index (χ4n) is 5.00. The summed E-state index contributed by atoms with van der Waals surface area (Å²) in [4.78, 5) is 43.5. The summed E-state index contributed by atoms with van der Waals surface area (Å²) in [6.07, 6.45) is -0.654. The average Bonchev–Trinajstić information content (AvgIpc) is 2.90. The van der Waals surface area contributed by atoms with Crippen LogP contribution in [0.4, 0.5) is 10.5 Å². The molecule has 0 aliphatic rings. The Morgan fingerprint density at radius 1 is 0.864 bits per heavy atom. The molecule has 9 heteroatoms. The zero-order chi connectivity index (χ0) is 32.8. The topological polar surface area (TPSA) is 117 Å². The van der Waals surface area contributed by atoms with Crippen LogP contribution >= 0.6 is 0 Å². The molecule has 2 unspecified atom stereocenters. The van der Waals surface area contributed by atoms with Crippen molar-refractivity contribution in [2.75, 3.05) is 12.4 Å². The Morgan fingerprint density at radius 3 is 1.93 bits per heavy atom. The third kappa shape index (κ3) is 9.49. The van der Waals surface area contributed by atoms with Gasteiger partial charge >= 0.3 is 6.09 Å². The van der Waals surface area contributed by atoms with Gasteiger partial charge in [-0.15, -0.1) is 0 Å². The minimum Gasteiger partial charge on any atom is -0.508 e. The third-order valence-electron chi connectivity index (χ3n) is 6.75. The molecule has 0 radical (unpaired) electrons. The van der Waals surface area contributed by atoms with E-state index in [0.29, 0.717) is 22.6 Å². The number of hydrogen-bond donors (Lipinski definition) is 3. The number of phenols is 1. The van der Waals surface area contributed by atoms with Crippen molar-refractivity contribution in [1.29, 1.82) is 0 Å². The number of aryl methyl sites for hydroxylation is 2. The molecule has 3 aromatic rings. The second-order valence-corrected chi connectivity index (χ2v) is 13.0. The number of benzene rings is 3. The summed E-state index contributed by atoms with van der Waals surface area (Å²) >= 11 is 0. The van der Waals surface area contributed by atoms with Crippen LogP contribution in [0.25, 0.3) is 0 Å². The molecule has 44 heavy (non-hydrogen) atoms. The molecule has 0 spiro atoms. The van der Waals surface area contributed by atoms with E-state index in [1.165, 1.54) is 17.0 Å². The Kier molecular flexibility index (Phi) is 10.7. The van der Waals surface area contributed by atoms with E-state index in [2.05, 4.69) is 10.6 Å². The second-order valence-electron chi connectivity index (χ2n) is 13.0. The van der Waals surface area contributed by atoms with Gasteiger partial charge in [0.25, 0.3) is 5.91 Å². The van der Waals surface area contributed by atoms with E-state index in [1.54, 1.807) is 64.3 Å². The molecule has 9 nitrogen and oxygen atoms in total. The number of aromatic hydroxyl groups is 1. The second kappa shape index (κ2) is 13.8. The lowest BCUT2D eigenvalue weighted by molar-refractivity contribution is -0.146. The smallest absolute Gasteiger partial charge is 0.408 e. The lowest BCUT2D eigenvalue weighted by Gasteiger charge is -2.43. The summed E-state index contributed by atoms with van der Waals surface area (Å²) in [5.74, 6) is -0.154. The summed E-state index contributed by atoms with van der Waals surface area (Å²) in [5, 5.41) is 15.5. The number of nitrogens with one attached hydrogen (secondary N) is 2. The first kappa shape index (κ1) is 34.0. The van der Waals surface area contributed by atoms with Crippen LogP contribution in [0.2, 0.25) is 0 Å². The van der Waals surface area contributed by atoms with Crippen LogP contribution in [0.3, 0.4) is 0 Å². The molecule has 0 fully saturated rings. The number of methoxy groups -OCH3 is 1. The lowest BCUT2D eigenvalue weighted by Crippen LogP contribution is -2.58. The molecule has 0 aliphatic carbocycles. The number of nitrogens with zero attached hydrogens (tertiary/aromatic N) is 1. The zero-order valence-electron chi connectivity index (χ0n) is 27.1. The molecule has 0 aliphatic heterocycles. The average molecular weight is 604 g/mol. The minimum absolute atomic E-state index is 0.0816. The number of carbonyl (C=O) groups excluding carboxylic acids is 3. The number of alkyl carbamates (subject to hydrolysis) is 1. The maximum absolute atomic E-state index is 14.7. The van der Waals surface area contributed by atoms with Crippen molar-refractivity contribution in [1.82, 2.24) is 10.2 Å². The van der Waals surface area contributed by atoms with E-state index in [0.717, 1.165) is 11.1 Å². The van der Waals surface area contributed by atoms with E-state index in [4.69, 9.17) is 9.47 Å². The van der Waals surface area contributed by atoms with Gasteiger partial charge in [-0.2, -0.15) is 0 Å². The Bertz CT molecular complexity index is 1430. The van der Waals surface area contributed by atoms with Gasteiger partial charge in [-0.3, -0.25) is 9.59 Å². The standard InChI is InChI=1S/C35H45N3O6/c1-22-18-23(2)20-25(19-22)30(31(40)36-26-12-16-28(43-9)17-13-26)38(34(3,4)5)32(41)29(37-33(42)44-35(6,7)8)21-24-10-14-27(39)15-11-24/h10-20,29-30,39H,21H2,1-9H3,(H,36,40)(H,37,42). The van der Waals surface area contributed by atoms with E-state index >= 15 is 0 Å². The highest BCUT2D eigenvalue weighted by molar-refractivity contribution is 5.99. The van der Waals surface area contributed by atoms with Crippen LogP contribution in [-0.4, -0.2) is 52.2 Å². The Hall–Kier alpha value is -4.53. The molecule has 236 valence electrons. The van der Waals surface area contributed by atoms with E-state index in [1.807, 2.05) is 52.8 Å². The molecule has 3 N–H and O–H groups in total. The molecule has 0 bridgehead atoms. The Morgan fingerprint density at radius 2 is 1.43 bits per heavy atom. The van der Waals surface area contributed by atoms with Crippen molar-refractivity contribution in [3.8, 4) is 11.5 Å². The molecule has 0 saturated heterocycles. The predicted octanol–water partition coefficient (Wildman–Crippen LogP) is 6.46. The molecular weight excluding hydrogens is 558 g/mol. The minimum atomic E-state index is -1.09. The van der Waals surface area contributed by atoms with Crippen LogP contribution in [-0.2, 0) is 20.7 Å². The van der Waals surface area contributed by atoms with Crippen molar-refractivity contribution in [3.05, 3.63) is 89.0 Å². The van der Waals surface area contributed by atoms with Gasteiger partial charge in [0.2, 0.25) is 5.91 Å². The number of anilines is 1. The van der Waals surface area contributed by atoms with Crippen LogP contribution in [0, 0.1) is 13.8 Å². The number of carbonyl (C=O) groups is 3. The first-order valence-electron chi connectivity index (χ1n) is 14.6. The summed E-state index contributed by atoms with van der Waals surface area (Å²) in [7, 11) is 1.57. The molecule has 0 aromatic heterocycles. The first-order chi connectivity index (χ1) is 20.5. The number of ether oxygens (including phenoxy) is 2. The maximum atomic E-state index is 14.7. The highest BCUT2D eigenvalue weighted by atomic mass is 16.6. The normalized spacial score (nSPS) is 12.9. The fourth-order valence-corrected chi connectivity index (χ4v) is 5.00. The van der Waals surface area contributed by atoms with E-state index < -0.39 is 41.1 Å². The fraction of sp³-hybridized carbons (Fsp3) is 0.400. The number of hydrogen-bond acceptors (Lipinski definition) is 6. The molecule has 2 atom stereocenters. The van der Waals surface area contributed by atoms with Crippen LogP contribution in [0.5, 0.6) is 11.5 Å². The number of phenolic OH excluding ortho intramolecular Hbond substituents is 1. The van der Waals surface area contributed by atoms with Crippen molar-refractivity contribution in [2.45, 2.75) is 85.0 Å². The predicted molar refractivity (Wildman–Crippen MR) is 172 cm³/mol. The van der Waals surface area contributed by atoms with Gasteiger partial charge in [-0.1, -0.05) is 41.5 Å². The van der Waals surface area contributed by atoms with Crippen LogP contribution in [0.15, 0.2) is 66.7 Å². The van der Waals surface area contributed by atoms with E-state index in [9.17, 15) is 19.5 Å². The van der Waals surface area contributed by atoms with Gasteiger partial charge in [0.05, 0.1) is 7.11 Å². The molecule has 0 saturated carbocycles. The maximum Gasteiger partial charge on any atom is 0.408 e. The van der Waals surface area contributed by atoms with Crippen molar-refractivity contribution >= 4 is 23.6 Å². The SMILES string of the molecule is COc1ccc(NC(=O)C(c2cc(C)cc(C)c2)N(C(=O)C(Cc2ccc(O)cc2)NC(=O)OC(C)(C)C)C(C)(C)C)cc1. The van der Waals surface area contributed by atoms with Gasteiger partial charge in [-0.05, 0) is 103 Å². The Balaban J connectivity index is 2.13. The third-order valence-corrected chi connectivity index (χ3v) is 6.75. The van der Waals surface area contributed by atoms with Gasteiger partial charge in [0.15, 0.2) is 0 Å². The lowest BCUT2D eigenvalue weighted by atomic mass is 9.92. The van der Waals surface area contributed by atoms with Gasteiger partial charge in [-0.25, -0.2) is 4.79 Å². The summed E-state index contributed by atoms with van der Waals surface area (Å²) in [6.45, 7) is 14.7. The molecular formula is C35H45N3O6. The summed E-state index contributed by atoms with van der Waals surface area (Å²) < 4.78 is 10.8. The molecule has 3 amide bonds. The zero-order valence-corrected chi connectivity index (χ0v) is 27.1. The first-order valence-corrected chi connectivity index (χ1v) is 14.6. The van der Waals surface area contributed by atoms with Crippen LogP contribution < -0.4 is 15.4 Å². The monoisotopic (exact) mass is 603 g/mol. The summed E-state index contributed by atoms with van der Waals surface area (Å²) in [6, 6.07) is 17.0. The van der Waals surface area contributed by atoms with Crippen LogP contribution in [0.1, 0.15) is 69.8 Å². The number of amides is 3. The van der Waals surface area contributed by atoms with Gasteiger partial charge < -0.3 is 30.1 Å². The largest absolute Gasteiger partial charge is 0.508 e.